The maximum absolute atomic E-state index is 11.7. The summed E-state index contributed by atoms with van der Waals surface area (Å²) in [5.41, 5.74) is -0.146. The Morgan fingerprint density at radius 1 is 1.08 bits per heavy atom. The molecule has 132 valence electrons. The molecule has 0 unspecified atom stereocenters. The summed E-state index contributed by atoms with van der Waals surface area (Å²) in [6, 6.07) is 5.41. The number of unbranched alkanes of at least 4 members (excludes halogenated alkanes) is 3. The minimum atomic E-state index is -0.562. The van der Waals surface area contributed by atoms with E-state index in [4.69, 9.17) is 9.47 Å². The van der Waals surface area contributed by atoms with E-state index >= 15 is 0 Å². The monoisotopic (exact) mass is 337 g/mol. The van der Waals surface area contributed by atoms with Gasteiger partial charge in [-0.25, -0.2) is 0 Å². The van der Waals surface area contributed by atoms with Gasteiger partial charge in [0.25, 0.3) is 5.69 Å². The van der Waals surface area contributed by atoms with E-state index in [2.05, 4.69) is 6.92 Å². The first-order chi connectivity index (χ1) is 11.5. The molecule has 0 aliphatic carbocycles. The molecule has 0 saturated carbocycles. The molecule has 0 heterocycles. The summed E-state index contributed by atoms with van der Waals surface area (Å²) in [6.07, 6.45) is 4.67. The van der Waals surface area contributed by atoms with E-state index < -0.39 is 10.9 Å². The number of carbonyl (C=O) groups is 2. The second-order valence-corrected chi connectivity index (χ2v) is 5.36. The Hall–Kier alpha value is -2.44. The highest BCUT2D eigenvalue weighted by atomic mass is 16.6. The second-order valence-electron chi connectivity index (χ2n) is 5.36. The highest BCUT2D eigenvalue weighted by Gasteiger charge is 2.11. The fourth-order valence-electron chi connectivity index (χ4n) is 2.01. The molecule has 0 N–H and O–H groups in total. The van der Waals surface area contributed by atoms with Gasteiger partial charge < -0.3 is 9.47 Å². The Kier molecular flexibility index (Phi) is 9.11. The summed E-state index contributed by atoms with van der Waals surface area (Å²) < 4.78 is 10.1. The second kappa shape index (κ2) is 11.2. The first-order valence-electron chi connectivity index (χ1n) is 8.13. The number of hydrogen-bond donors (Lipinski definition) is 0. The Bertz CT molecular complexity index is 558. The highest BCUT2D eigenvalue weighted by molar-refractivity contribution is 5.74. The molecule has 7 heteroatoms. The predicted molar refractivity (Wildman–Crippen MR) is 87.7 cm³/mol. The molecule has 0 spiro atoms. The van der Waals surface area contributed by atoms with Crippen molar-refractivity contribution in [2.24, 2.45) is 0 Å². The Balaban J connectivity index is 2.21. The van der Waals surface area contributed by atoms with Crippen LogP contribution < -0.4 is 4.74 Å². The van der Waals surface area contributed by atoms with Gasteiger partial charge in [-0.1, -0.05) is 32.3 Å². The van der Waals surface area contributed by atoms with E-state index in [1.807, 2.05) is 0 Å². The lowest BCUT2D eigenvalue weighted by Gasteiger charge is -2.05. The quantitative estimate of drug-likeness (QED) is 0.200. The number of hydrogen-bond acceptors (Lipinski definition) is 6. The van der Waals surface area contributed by atoms with Crippen LogP contribution in [-0.4, -0.2) is 23.5 Å². The van der Waals surface area contributed by atoms with Crippen molar-refractivity contribution in [2.45, 2.75) is 51.9 Å². The zero-order chi connectivity index (χ0) is 17.8. The number of esters is 2. The third-order valence-corrected chi connectivity index (χ3v) is 3.28. The molecule has 0 aliphatic rings. The normalized spacial score (nSPS) is 10.2. The zero-order valence-corrected chi connectivity index (χ0v) is 13.9. The van der Waals surface area contributed by atoms with Crippen LogP contribution in [0, 0.1) is 10.1 Å². The van der Waals surface area contributed by atoms with Crippen LogP contribution in [0.15, 0.2) is 24.3 Å². The number of nitro groups is 1. The topological polar surface area (TPSA) is 95.7 Å². The van der Waals surface area contributed by atoms with Gasteiger partial charge in [-0.05, 0) is 18.9 Å². The van der Waals surface area contributed by atoms with Gasteiger partial charge in [-0.3, -0.25) is 19.7 Å². The van der Waals surface area contributed by atoms with Crippen LogP contribution in [0.4, 0.5) is 5.69 Å². The fourth-order valence-corrected chi connectivity index (χ4v) is 2.01. The van der Waals surface area contributed by atoms with Crippen molar-refractivity contribution < 1.29 is 24.0 Å². The van der Waals surface area contributed by atoms with Crippen LogP contribution >= 0.6 is 0 Å². The molecule has 0 bridgehead atoms. The SMILES string of the molecule is CCCCCCOC(=O)CCCC(=O)Oc1cccc([N+](=O)[O-])c1. The number of carbonyl (C=O) groups excluding carboxylic acids is 2. The van der Waals surface area contributed by atoms with Crippen LogP contribution in [-0.2, 0) is 14.3 Å². The molecule has 0 radical (unpaired) electrons. The number of nitrogens with zero attached hydrogens (tertiary/aromatic N) is 1. The van der Waals surface area contributed by atoms with Gasteiger partial charge in [0.2, 0.25) is 0 Å². The van der Waals surface area contributed by atoms with Crippen molar-refractivity contribution in [3.8, 4) is 5.75 Å². The smallest absolute Gasteiger partial charge is 0.311 e. The number of rotatable bonds is 11. The van der Waals surface area contributed by atoms with Gasteiger partial charge in [0.15, 0.2) is 0 Å². The Labute approximate surface area is 141 Å². The molecule has 24 heavy (non-hydrogen) atoms. The van der Waals surface area contributed by atoms with Crippen molar-refractivity contribution in [1.29, 1.82) is 0 Å². The van der Waals surface area contributed by atoms with Crippen molar-refractivity contribution in [3.63, 3.8) is 0 Å². The van der Waals surface area contributed by atoms with E-state index in [9.17, 15) is 19.7 Å². The summed E-state index contributed by atoms with van der Waals surface area (Å²) in [5.74, 6) is -0.742. The molecule has 0 atom stereocenters. The first-order valence-corrected chi connectivity index (χ1v) is 8.13. The standard InChI is InChI=1S/C17H23NO6/c1-2-3-4-5-12-23-16(19)10-7-11-17(20)24-15-9-6-8-14(13-15)18(21)22/h6,8-9,13H,2-5,7,10-12H2,1H3. The van der Waals surface area contributed by atoms with Crippen LogP contribution in [0.2, 0.25) is 0 Å². The average molecular weight is 337 g/mol. The van der Waals surface area contributed by atoms with Crippen LogP contribution in [0.3, 0.4) is 0 Å². The van der Waals surface area contributed by atoms with Gasteiger partial charge in [0, 0.05) is 18.9 Å². The third-order valence-electron chi connectivity index (χ3n) is 3.28. The summed E-state index contributed by atoms with van der Waals surface area (Å²) >= 11 is 0. The molecule has 1 aromatic rings. The van der Waals surface area contributed by atoms with Crippen molar-refractivity contribution in [1.82, 2.24) is 0 Å². The fraction of sp³-hybridized carbons (Fsp3) is 0.529. The average Bonchev–Trinajstić information content (AvgIpc) is 2.55. The van der Waals surface area contributed by atoms with Crippen LogP contribution in [0.25, 0.3) is 0 Å². The summed E-state index contributed by atoms with van der Waals surface area (Å²) in [7, 11) is 0. The lowest BCUT2D eigenvalue weighted by Crippen LogP contribution is -2.10. The lowest BCUT2D eigenvalue weighted by molar-refractivity contribution is -0.384. The number of ether oxygens (including phenoxy) is 2. The zero-order valence-electron chi connectivity index (χ0n) is 13.9. The molecule has 0 saturated heterocycles. The summed E-state index contributed by atoms with van der Waals surface area (Å²) in [4.78, 5) is 33.2. The van der Waals surface area contributed by atoms with Gasteiger partial charge in [0.05, 0.1) is 17.6 Å². The summed E-state index contributed by atoms with van der Waals surface area (Å²) in [5, 5.41) is 10.6. The van der Waals surface area contributed by atoms with Gasteiger partial charge in [-0.15, -0.1) is 0 Å². The first kappa shape index (κ1) is 19.6. The highest BCUT2D eigenvalue weighted by Crippen LogP contribution is 2.19. The Morgan fingerprint density at radius 3 is 2.54 bits per heavy atom. The minimum Gasteiger partial charge on any atom is -0.466 e. The van der Waals surface area contributed by atoms with Crippen molar-refractivity contribution >= 4 is 17.6 Å². The lowest BCUT2D eigenvalue weighted by atomic mass is 10.2. The van der Waals surface area contributed by atoms with Crippen molar-refractivity contribution in [2.75, 3.05) is 6.61 Å². The number of benzene rings is 1. The number of non-ortho nitro benzene ring substituents is 1. The maximum atomic E-state index is 11.7. The molecule has 7 nitrogen and oxygen atoms in total. The van der Waals surface area contributed by atoms with Gasteiger partial charge >= 0.3 is 11.9 Å². The van der Waals surface area contributed by atoms with Crippen LogP contribution in [0.5, 0.6) is 5.75 Å². The molecule has 0 amide bonds. The largest absolute Gasteiger partial charge is 0.466 e. The molecular formula is C17H23NO6. The van der Waals surface area contributed by atoms with E-state index in [0.29, 0.717) is 13.0 Å². The molecule has 0 fully saturated rings. The van der Waals surface area contributed by atoms with E-state index in [1.165, 1.54) is 24.3 Å². The molecule has 0 aromatic heterocycles. The maximum Gasteiger partial charge on any atom is 0.311 e. The van der Waals surface area contributed by atoms with Crippen LogP contribution in [0.1, 0.15) is 51.9 Å². The van der Waals surface area contributed by atoms with E-state index in [-0.39, 0.29) is 30.2 Å². The van der Waals surface area contributed by atoms with Crippen molar-refractivity contribution in [3.05, 3.63) is 34.4 Å². The van der Waals surface area contributed by atoms with Gasteiger partial charge in [0.1, 0.15) is 5.75 Å². The van der Waals surface area contributed by atoms with E-state index in [1.54, 1.807) is 0 Å². The molecular weight excluding hydrogens is 314 g/mol. The number of nitro benzene ring substituents is 1. The van der Waals surface area contributed by atoms with E-state index in [0.717, 1.165) is 25.7 Å². The predicted octanol–water partition coefficient (Wildman–Crippen LogP) is 3.79. The molecule has 0 aliphatic heterocycles. The minimum absolute atomic E-state index is 0.0492. The summed E-state index contributed by atoms with van der Waals surface area (Å²) in [6.45, 7) is 2.52. The Morgan fingerprint density at radius 2 is 1.83 bits per heavy atom. The van der Waals surface area contributed by atoms with Gasteiger partial charge in [-0.2, -0.15) is 0 Å². The molecule has 1 aromatic carbocycles. The third kappa shape index (κ3) is 8.26. The molecule has 1 rings (SSSR count).